The van der Waals surface area contributed by atoms with E-state index in [-0.39, 0.29) is 12.0 Å². The number of aliphatic hydroxyl groups is 1. The van der Waals surface area contributed by atoms with Crippen molar-refractivity contribution in [2.24, 2.45) is 5.92 Å². The van der Waals surface area contributed by atoms with E-state index >= 15 is 0 Å². The molecule has 1 saturated heterocycles. The second kappa shape index (κ2) is 5.74. The monoisotopic (exact) mass is 297 g/mol. The molecule has 1 aromatic heterocycles. The Hall–Kier alpha value is -1.07. The molecule has 1 amide bonds. The molecule has 1 aromatic rings. The summed E-state index contributed by atoms with van der Waals surface area (Å²) < 4.78 is 5.37. The van der Waals surface area contributed by atoms with Crippen LogP contribution in [0.25, 0.3) is 0 Å². The summed E-state index contributed by atoms with van der Waals surface area (Å²) in [6.07, 6.45) is 0.0489. The van der Waals surface area contributed by atoms with Gasteiger partial charge in [0.05, 0.1) is 6.10 Å². The molecule has 0 aromatic carbocycles. The molecule has 0 radical (unpaired) electrons. The standard InChI is InChI=1S/C15H23NO3S/c1-10-5-6-12(20-10)13(17)11-7-8-16(9-11)14(18)19-15(2,3)4/h5-6,11,13,17H,7-9H2,1-4H3. The third-order valence-corrected chi connectivity index (χ3v) is 4.45. The lowest BCUT2D eigenvalue weighted by Crippen LogP contribution is -2.35. The van der Waals surface area contributed by atoms with Crippen molar-refractivity contribution in [1.29, 1.82) is 0 Å². The highest BCUT2D eigenvalue weighted by molar-refractivity contribution is 7.12. The van der Waals surface area contributed by atoms with Gasteiger partial charge in [0.2, 0.25) is 0 Å². The molecule has 20 heavy (non-hydrogen) atoms. The zero-order valence-corrected chi connectivity index (χ0v) is 13.4. The average molecular weight is 297 g/mol. The fraction of sp³-hybridized carbons (Fsp3) is 0.667. The number of rotatable bonds is 2. The van der Waals surface area contributed by atoms with Crippen molar-refractivity contribution < 1.29 is 14.6 Å². The van der Waals surface area contributed by atoms with Crippen LogP contribution in [-0.2, 0) is 4.74 Å². The van der Waals surface area contributed by atoms with Crippen LogP contribution < -0.4 is 0 Å². The summed E-state index contributed by atoms with van der Waals surface area (Å²) >= 11 is 1.62. The van der Waals surface area contributed by atoms with E-state index in [4.69, 9.17) is 4.74 Å². The SMILES string of the molecule is Cc1ccc(C(O)C2CCN(C(=O)OC(C)(C)C)C2)s1. The highest BCUT2D eigenvalue weighted by atomic mass is 32.1. The van der Waals surface area contributed by atoms with Crippen molar-refractivity contribution in [2.75, 3.05) is 13.1 Å². The number of carbonyl (C=O) groups is 1. The first-order valence-corrected chi connectivity index (χ1v) is 7.80. The molecule has 5 heteroatoms. The summed E-state index contributed by atoms with van der Waals surface area (Å²) in [5.41, 5.74) is -0.474. The van der Waals surface area contributed by atoms with Crippen molar-refractivity contribution >= 4 is 17.4 Å². The lowest BCUT2D eigenvalue weighted by Gasteiger charge is -2.25. The van der Waals surface area contributed by atoms with Crippen LogP contribution in [0.5, 0.6) is 0 Å². The van der Waals surface area contributed by atoms with Gasteiger partial charge in [-0.15, -0.1) is 11.3 Å². The number of likely N-dealkylation sites (tertiary alicyclic amines) is 1. The molecule has 2 heterocycles. The molecule has 1 fully saturated rings. The smallest absolute Gasteiger partial charge is 0.410 e. The van der Waals surface area contributed by atoms with Gasteiger partial charge < -0.3 is 14.7 Å². The van der Waals surface area contributed by atoms with Gasteiger partial charge in [-0.25, -0.2) is 4.79 Å². The maximum atomic E-state index is 12.0. The van der Waals surface area contributed by atoms with E-state index in [1.165, 1.54) is 4.88 Å². The number of aliphatic hydroxyl groups excluding tert-OH is 1. The van der Waals surface area contributed by atoms with Gasteiger partial charge in [0.1, 0.15) is 5.60 Å². The fourth-order valence-electron chi connectivity index (χ4n) is 2.38. The Labute approximate surface area is 124 Å². The summed E-state index contributed by atoms with van der Waals surface area (Å²) in [5, 5.41) is 10.4. The van der Waals surface area contributed by atoms with E-state index in [0.29, 0.717) is 13.1 Å². The van der Waals surface area contributed by atoms with E-state index in [1.54, 1.807) is 16.2 Å². The van der Waals surface area contributed by atoms with Gasteiger partial charge in [-0.2, -0.15) is 0 Å². The summed E-state index contributed by atoms with van der Waals surface area (Å²) in [5.74, 6) is 0.0977. The molecule has 0 saturated carbocycles. The second-order valence-electron chi connectivity index (χ2n) is 6.37. The van der Waals surface area contributed by atoms with Crippen LogP contribution in [-0.4, -0.2) is 34.8 Å². The minimum Gasteiger partial charge on any atom is -0.444 e. The molecule has 1 aliphatic heterocycles. The van der Waals surface area contributed by atoms with Crippen LogP contribution in [0.2, 0.25) is 0 Å². The zero-order chi connectivity index (χ0) is 14.9. The lowest BCUT2D eigenvalue weighted by atomic mass is 10.0. The quantitative estimate of drug-likeness (QED) is 0.910. The Bertz CT molecular complexity index is 478. The number of carbonyl (C=O) groups excluding carboxylic acids is 1. The second-order valence-corrected chi connectivity index (χ2v) is 7.69. The zero-order valence-electron chi connectivity index (χ0n) is 12.5. The molecule has 0 spiro atoms. The molecule has 1 aliphatic rings. The Kier molecular flexibility index (Phi) is 4.39. The van der Waals surface area contributed by atoms with E-state index in [0.717, 1.165) is 11.3 Å². The molecule has 2 atom stereocenters. The van der Waals surface area contributed by atoms with E-state index < -0.39 is 11.7 Å². The summed E-state index contributed by atoms with van der Waals surface area (Å²) in [6.45, 7) is 8.84. The Morgan fingerprint density at radius 1 is 1.50 bits per heavy atom. The molecular formula is C15H23NO3S. The van der Waals surface area contributed by atoms with Crippen LogP contribution in [0, 0.1) is 12.8 Å². The Morgan fingerprint density at radius 3 is 2.75 bits per heavy atom. The maximum Gasteiger partial charge on any atom is 0.410 e. The summed E-state index contributed by atoms with van der Waals surface area (Å²) in [7, 11) is 0. The van der Waals surface area contributed by atoms with Gasteiger partial charge in [-0.3, -0.25) is 0 Å². The molecule has 1 N–H and O–H groups in total. The van der Waals surface area contributed by atoms with Crippen LogP contribution in [0.4, 0.5) is 4.79 Å². The summed E-state index contributed by atoms with van der Waals surface area (Å²) in [6, 6.07) is 3.99. The normalized spacial score (nSPS) is 21.1. The number of thiophene rings is 1. The van der Waals surface area contributed by atoms with Gasteiger partial charge in [-0.05, 0) is 46.2 Å². The predicted molar refractivity (Wildman–Crippen MR) is 79.9 cm³/mol. The number of amides is 1. The highest BCUT2D eigenvalue weighted by Crippen LogP contribution is 2.34. The number of hydrogen-bond donors (Lipinski definition) is 1. The first kappa shape index (κ1) is 15.3. The molecule has 0 aliphatic carbocycles. The number of aryl methyl sites for hydroxylation is 1. The summed E-state index contributed by atoms with van der Waals surface area (Å²) in [4.78, 5) is 15.9. The van der Waals surface area contributed by atoms with Gasteiger partial charge in [0, 0.05) is 28.8 Å². The largest absolute Gasteiger partial charge is 0.444 e. The molecular weight excluding hydrogens is 274 g/mol. The third-order valence-electron chi connectivity index (χ3n) is 3.38. The molecule has 0 bridgehead atoms. The number of nitrogens with zero attached hydrogens (tertiary/aromatic N) is 1. The molecule has 2 unspecified atom stereocenters. The van der Waals surface area contributed by atoms with Gasteiger partial charge in [-0.1, -0.05) is 0 Å². The van der Waals surface area contributed by atoms with E-state index in [1.807, 2.05) is 39.8 Å². The van der Waals surface area contributed by atoms with Crippen LogP contribution in [0.1, 0.15) is 43.1 Å². The van der Waals surface area contributed by atoms with Crippen LogP contribution in [0.3, 0.4) is 0 Å². The lowest BCUT2D eigenvalue weighted by molar-refractivity contribution is 0.0269. The topological polar surface area (TPSA) is 49.8 Å². The first-order valence-electron chi connectivity index (χ1n) is 6.98. The van der Waals surface area contributed by atoms with E-state index in [2.05, 4.69) is 0 Å². The van der Waals surface area contributed by atoms with Crippen molar-refractivity contribution in [2.45, 2.75) is 45.8 Å². The Balaban J connectivity index is 1.93. The van der Waals surface area contributed by atoms with Crippen molar-refractivity contribution in [3.63, 3.8) is 0 Å². The van der Waals surface area contributed by atoms with Crippen LogP contribution >= 0.6 is 11.3 Å². The Morgan fingerprint density at radius 2 is 2.20 bits per heavy atom. The van der Waals surface area contributed by atoms with Crippen LogP contribution in [0.15, 0.2) is 12.1 Å². The number of ether oxygens (including phenoxy) is 1. The minimum absolute atomic E-state index is 0.0977. The molecule has 112 valence electrons. The predicted octanol–water partition coefficient (Wildman–Crippen LogP) is 3.35. The average Bonchev–Trinajstić information content (AvgIpc) is 2.94. The number of hydrogen-bond acceptors (Lipinski definition) is 4. The molecule has 2 rings (SSSR count). The molecule has 4 nitrogen and oxygen atoms in total. The van der Waals surface area contributed by atoms with E-state index in [9.17, 15) is 9.90 Å². The van der Waals surface area contributed by atoms with Crippen molar-refractivity contribution in [3.8, 4) is 0 Å². The fourth-order valence-corrected chi connectivity index (χ4v) is 3.34. The maximum absolute atomic E-state index is 12.0. The minimum atomic E-state index is -0.485. The van der Waals surface area contributed by atoms with Gasteiger partial charge >= 0.3 is 6.09 Å². The van der Waals surface area contributed by atoms with Crippen molar-refractivity contribution in [3.05, 3.63) is 21.9 Å². The van der Waals surface area contributed by atoms with Gasteiger partial charge in [0.25, 0.3) is 0 Å². The van der Waals surface area contributed by atoms with Gasteiger partial charge in [0.15, 0.2) is 0 Å². The third kappa shape index (κ3) is 3.73. The highest BCUT2D eigenvalue weighted by Gasteiger charge is 2.34. The first-order chi connectivity index (χ1) is 9.26. The van der Waals surface area contributed by atoms with Crippen molar-refractivity contribution in [1.82, 2.24) is 4.90 Å².